The Balaban J connectivity index is 1.40. The molecule has 1 amide bonds. The second-order valence-corrected chi connectivity index (χ2v) is 9.08. The molecule has 1 N–H and O–H groups in total. The van der Waals surface area contributed by atoms with Crippen LogP contribution in [0.25, 0.3) is 0 Å². The number of amides is 1. The van der Waals surface area contributed by atoms with Crippen LogP contribution in [0.5, 0.6) is 0 Å². The first-order chi connectivity index (χ1) is 15.0. The van der Waals surface area contributed by atoms with Gasteiger partial charge >= 0.3 is 0 Å². The third-order valence-electron chi connectivity index (χ3n) is 6.75. The smallest absolute Gasteiger partial charge is 0.298 e. The number of benzene rings is 1. The molecule has 1 spiro atoms. The quantitative estimate of drug-likeness (QED) is 0.418. The third kappa shape index (κ3) is 6.69. The molecule has 5 nitrogen and oxygen atoms in total. The molecular formula is C25H36N4OS. The largest absolute Gasteiger partial charge is 0.363 e. The van der Waals surface area contributed by atoms with Gasteiger partial charge in [-0.15, -0.1) is 0 Å². The molecule has 6 heteroatoms. The molecule has 3 rings (SSSR count). The molecule has 0 radical (unpaired) electrons. The Morgan fingerprint density at radius 1 is 1.10 bits per heavy atom. The number of likely N-dealkylation sites (tertiary alicyclic amines) is 2. The molecular weight excluding hydrogens is 404 g/mol. The summed E-state index contributed by atoms with van der Waals surface area (Å²) in [6.45, 7) is 12.3. The van der Waals surface area contributed by atoms with Crippen molar-refractivity contribution >= 4 is 23.2 Å². The van der Waals surface area contributed by atoms with Gasteiger partial charge in [0.2, 0.25) is 0 Å². The fourth-order valence-electron chi connectivity index (χ4n) is 4.58. The van der Waals surface area contributed by atoms with E-state index in [1.807, 2.05) is 35.2 Å². The SMILES string of the molecule is CCN(CC)CCCNC(=S)N1CCC2(CCN(C(=O)C#Cc3ccccc3)CC2)C1. The van der Waals surface area contributed by atoms with E-state index in [1.165, 1.54) is 0 Å². The minimum atomic E-state index is -0.0565. The lowest BCUT2D eigenvalue weighted by Crippen LogP contribution is -2.45. The second-order valence-electron chi connectivity index (χ2n) is 8.69. The summed E-state index contributed by atoms with van der Waals surface area (Å²) in [5.41, 5.74) is 1.17. The zero-order valence-corrected chi connectivity index (χ0v) is 19.8. The zero-order chi connectivity index (χ0) is 22.1. The summed E-state index contributed by atoms with van der Waals surface area (Å²) < 4.78 is 0. The van der Waals surface area contributed by atoms with Crippen molar-refractivity contribution in [2.24, 2.45) is 5.41 Å². The predicted molar refractivity (Wildman–Crippen MR) is 131 cm³/mol. The fourth-order valence-corrected chi connectivity index (χ4v) is 4.83. The number of thiocarbonyl (C=S) groups is 1. The molecule has 2 fully saturated rings. The van der Waals surface area contributed by atoms with Gasteiger partial charge < -0.3 is 20.0 Å². The molecule has 2 heterocycles. The number of piperidine rings is 1. The van der Waals surface area contributed by atoms with Crippen LogP contribution in [-0.4, -0.2) is 78.1 Å². The second kappa shape index (κ2) is 11.5. The van der Waals surface area contributed by atoms with E-state index < -0.39 is 0 Å². The molecule has 2 saturated heterocycles. The lowest BCUT2D eigenvalue weighted by Gasteiger charge is -2.38. The highest BCUT2D eigenvalue weighted by atomic mass is 32.1. The Morgan fingerprint density at radius 3 is 2.39 bits per heavy atom. The molecule has 2 aliphatic heterocycles. The van der Waals surface area contributed by atoms with Gasteiger partial charge in [0, 0.05) is 44.2 Å². The van der Waals surface area contributed by atoms with Gasteiger partial charge in [-0.25, -0.2) is 0 Å². The van der Waals surface area contributed by atoms with Crippen molar-refractivity contribution in [1.82, 2.24) is 20.0 Å². The first-order valence-electron chi connectivity index (χ1n) is 11.7. The van der Waals surface area contributed by atoms with Crippen LogP contribution in [0, 0.1) is 17.3 Å². The molecule has 0 atom stereocenters. The first kappa shape index (κ1) is 23.6. The van der Waals surface area contributed by atoms with Crippen molar-refractivity contribution in [3.8, 4) is 11.8 Å². The molecule has 0 aromatic heterocycles. The summed E-state index contributed by atoms with van der Waals surface area (Å²) >= 11 is 5.67. The molecule has 0 bridgehead atoms. The standard InChI is InChI=1S/C25H36N4OS/c1-3-27(4-2)17-8-16-26-24(31)29-20-15-25(21-29)13-18-28(19-14-25)23(30)12-11-22-9-6-5-7-10-22/h5-7,9-10H,3-4,8,13-21H2,1-2H3,(H,26,31). The maximum atomic E-state index is 12.5. The Bertz CT molecular complexity index is 789. The van der Waals surface area contributed by atoms with E-state index in [-0.39, 0.29) is 11.3 Å². The van der Waals surface area contributed by atoms with Crippen LogP contribution in [-0.2, 0) is 4.79 Å². The molecule has 2 aliphatic rings. The van der Waals surface area contributed by atoms with Crippen LogP contribution >= 0.6 is 12.2 Å². The van der Waals surface area contributed by atoms with E-state index in [4.69, 9.17) is 12.2 Å². The van der Waals surface area contributed by atoms with Gasteiger partial charge in [-0.2, -0.15) is 0 Å². The van der Waals surface area contributed by atoms with Crippen LogP contribution in [0.4, 0.5) is 0 Å². The van der Waals surface area contributed by atoms with E-state index in [1.54, 1.807) is 0 Å². The van der Waals surface area contributed by atoms with Crippen molar-refractivity contribution < 1.29 is 4.79 Å². The van der Waals surface area contributed by atoms with Gasteiger partial charge in [0.05, 0.1) is 0 Å². The number of nitrogens with one attached hydrogen (secondary N) is 1. The fraction of sp³-hybridized carbons (Fsp3) is 0.600. The average molecular weight is 441 g/mol. The Morgan fingerprint density at radius 2 is 1.74 bits per heavy atom. The molecule has 1 aromatic rings. The van der Waals surface area contributed by atoms with Crippen molar-refractivity contribution in [1.29, 1.82) is 0 Å². The summed E-state index contributed by atoms with van der Waals surface area (Å²) in [7, 11) is 0. The molecule has 0 saturated carbocycles. The third-order valence-corrected chi connectivity index (χ3v) is 7.15. The van der Waals surface area contributed by atoms with Crippen molar-refractivity contribution in [3.63, 3.8) is 0 Å². The Kier molecular flexibility index (Phi) is 8.74. The number of carbonyl (C=O) groups excluding carboxylic acids is 1. The van der Waals surface area contributed by atoms with Crippen molar-refractivity contribution in [2.75, 3.05) is 52.4 Å². The lowest BCUT2D eigenvalue weighted by atomic mass is 9.78. The summed E-state index contributed by atoms with van der Waals surface area (Å²) in [6.07, 6.45) is 4.34. The minimum absolute atomic E-state index is 0.0565. The molecule has 168 valence electrons. The number of hydrogen-bond donors (Lipinski definition) is 1. The average Bonchev–Trinajstić information content (AvgIpc) is 3.22. The van der Waals surface area contributed by atoms with Crippen LogP contribution in [0.1, 0.15) is 45.1 Å². The van der Waals surface area contributed by atoms with Crippen LogP contribution in [0.3, 0.4) is 0 Å². The Labute approximate surface area is 193 Å². The van der Waals surface area contributed by atoms with Gasteiger partial charge in [-0.1, -0.05) is 38.0 Å². The topological polar surface area (TPSA) is 38.8 Å². The van der Waals surface area contributed by atoms with Gasteiger partial charge in [0.1, 0.15) is 0 Å². The van der Waals surface area contributed by atoms with Crippen molar-refractivity contribution in [2.45, 2.75) is 39.5 Å². The molecule has 1 aromatic carbocycles. The maximum Gasteiger partial charge on any atom is 0.298 e. The molecule has 31 heavy (non-hydrogen) atoms. The lowest BCUT2D eigenvalue weighted by molar-refractivity contribution is -0.127. The van der Waals surface area contributed by atoms with Gasteiger partial charge in [0.15, 0.2) is 5.11 Å². The van der Waals surface area contributed by atoms with E-state index in [9.17, 15) is 4.79 Å². The van der Waals surface area contributed by atoms with Crippen LogP contribution in [0.2, 0.25) is 0 Å². The predicted octanol–water partition coefficient (Wildman–Crippen LogP) is 2.96. The summed E-state index contributed by atoms with van der Waals surface area (Å²) in [6, 6.07) is 9.69. The summed E-state index contributed by atoms with van der Waals surface area (Å²) in [5, 5.41) is 4.35. The normalized spacial score (nSPS) is 17.5. The van der Waals surface area contributed by atoms with Gasteiger partial charge in [-0.05, 0) is 75.1 Å². The monoisotopic (exact) mass is 440 g/mol. The van der Waals surface area contributed by atoms with Gasteiger partial charge in [-0.3, -0.25) is 4.79 Å². The zero-order valence-electron chi connectivity index (χ0n) is 19.0. The summed E-state index contributed by atoms with van der Waals surface area (Å²) in [4.78, 5) is 19.2. The number of rotatable bonds is 6. The highest BCUT2D eigenvalue weighted by Crippen LogP contribution is 2.40. The van der Waals surface area contributed by atoms with Gasteiger partial charge in [0.25, 0.3) is 5.91 Å². The highest BCUT2D eigenvalue weighted by molar-refractivity contribution is 7.80. The Hall–Kier alpha value is -2.10. The summed E-state index contributed by atoms with van der Waals surface area (Å²) in [5.74, 6) is 5.74. The van der Waals surface area contributed by atoms with E-state index in [0.717, 1.165) is 88.7 Å². The molecule has 0 unspecified atom stereocenters. The van der Waals surface area contributed by atoms with E-state index >= 15 is 0 Å². The number of nitrogens with zero attached hydrogens (tertiary/aromatic N) is 3. The van der Waals surface area contributed by atoms with Crippen molar-refractivity contribution in [3.05, 3.63) is 35.9 Å². The van der Waals surface area contributed by atoms with Crippen LogP contribution in [0.15, 0.2) is 30.3 Å². The maximum absolute atomic E-state index is 12.5. The number of carbonyl (C=O) groups is 1. The highest BCUT2D eigenvalue weighted by Gasteiger charge is 2.41. The minimum Gasteiger partial charge on any atom is -0.363 e. The first-order valence-corrected chi connectivity index (χ1v) is 12.1. The number of hydrogen-bond acceptors (Lipinski definition) is 3. The van der Waals surface area contributed by atoms with E-state index in [0.29, 0.717) is 0 Å². The van der Waals surface area contributed by atoms with E-state index in [2.05, 4.69) is 40.8 Å². The molecule has 0 aliphatic carbocycles. The van der Waals surface area contributed by atoms with Crippen LogP contribution < -0.4 is 5.32 Å².